The van der Waals surface area contributed by atoms with E-state index in [-0.39, 0.29) is 31.8 Å². The molecule has 0 N–H and O–H groups in total. The van der Waals surface area contributed by atoms with Crippen molar-refractivity contribution in [3.05, 3.63) is 28.5 Å². The summed E-state index contributed by atoms with van der Waals surface area (Å²) < 4.78 is 26.0. The van der Waals surface area contributed by atoms with Crippen LogP contribution in [0.2, 0.25) is 5.15 Å². The molecule has 3 nitrogen and oxygen atoms in total. The van der Waals surface area contributed by atoms with E-state index >= 15 is 0 Å². The number of aromatic nitrogens is 1. The van der Waals surface area contributed by atoms with Gasteiger partial charge in [0.25, 0.3) is 11.8 Å². The van der Waals surface area contributed by atoms with Crippen molar-refractivity contribution in [1.82, 2.24) is 9.88 Å². The molecular weight excluding hydrogens is 262 g/mol. The number of pyridine rings is 1. The lowest BCUT2D eigenvalue weighted by Gasteiger charge is -2.32. The van der Waals surface area contributed by atoms with Crippen LogP contribution < -0.4 is 0 Å². The van der Waals surface area contributed by atoms with Crippen molar-refractivity contribution in [3.63, 3.8) is 0 Å². The number of piperidine rings is 1. The van der Waals surface area contributed by atoms with Crippen LogP contribution >= 0.6 is 11.6 Å². The maximum atomic E-state index is 13.0. The molecule has 1 saturated heterocycles. The molecule has 1 aliphatic heterocycles. The highest BCUT2D eigenvalue weighted by Gasteiger charge is 2.36. The summed E-state index contributed by atoms with van der Waals surface area (Å²) in [6.07, 6.45) is -0.558. The number of aryl methyl sites for hydroxylation is 1. The molecule has 1 aromatic heterocycles. The largest absolute Gasteiger partial charge is 0.338 e. The summed E-state index contributed by atoms with van der Waals surface area (Å²) in [6.45, 7) is 1.83. The molecule has 0 unspecified atom stereocenters. The molecule has 0 saturated carbocycles. The summed E-state index contributed by atoms with van der Waals surface area (Å²) in [5, 5.41) is 0.314. The molecule has 2 rings (SSSR count). The number of hydrogen-bond donors (Lipinski definition) is 0. The Morgan fingerprint density at radius 2 is 2.00 bits per heavy atom. The Balaban J connectivity index is 2.13. The van der Waals surface area contributed by atoms with Gasteiger partial charge in [0.05, 0.1) is 11.3 Å². The SMILES string of the molecule is Cc1nc(Cl)ccc1C(=O)N1CCC(F)(F)CC1. The van der Waals surface area contributed by atoms with Gasteiger partial charge in [0.15, 0.2) is 0 Å². The normalized spacial score (nSPS) is 18.8. The minimum atomic E-state index is -2.65. The lowest BCUT2D eigenvalue weighted by atomic mass is 10.1. The lowest BCUT2D eigenvalue weighted by molar-refractivity contribution is -0.0494. The van der Waals surface area contributed by atoms with Crippen molar-refractivity contribution in [3.8, 4) is 0 Å². The van der Waals surface area contributed by atoms with Gasteiger partial charge in [0.1, 0.15) is 5.15 Å². The molecule has 6 heteroatoms. The second-order valence-corrected chi connectivity index (χ2v) is 4.80. The summed E-state index contributed by atoms with van der Waals surface area (Å²) >= 11 is 5.71. The molecular formula is C12H13ClF2N2O. The quantitative estimate of drug-likeness (QED) is 0.738. The van der Waals surface area contributed by atoms with Crippen LogP contribution in [0.4, 0.5) is 8.78 Å². The molecule has 0 spiro atoms. The van der Waals surface area contributed by atoms with E-state index in [4.69, 9.17) is 11.6 Å². The molecule has 1 fully saturated rings. The second-order valence-electron chi connectivity index (χ2n) is 4.42. The average molecular weight is 275 g/mol. The van der Waals surface area contributed by atoms with Gasteiger partial charge in [-0.1, -0.05) is 11.6 Å². The van der Waals surface area contributed by atoms with Crippen molar-refractivity contribution in [1.29, 1.82) is 0 Å². The van der Waals surface area contributed by atoms with E-state index in [1.165, 1.54) is 11.0 Å². The summed E-state index contributed by atoms with van der Waals surface area (Å²) in [7, 11) is 0. The highest BCUT2D eigenvalue weighted by Crippen LogP contribution is 2.28. The van der Waals surface area contributed by atoms with Gasteiger partial charge in [-0.2, -0.15) is 0 Å². The molecule has 2 heterocycles. The third-order valence-corrected chi connectivity index (χ3v) is 3.27. The Labute approximate surface area is 109 Å². The van der Waals surface area contributed by atoms with Gasteiger partial charge in [-0.25, -0.2) is 13.8 Å². The average Bonchev–Trinajstić information content (AvgIpc) is 2.28. The van der Waals surface area contributed by atoms with Crippen molar-refractivity contribution in [2.24, 2.45) is 0 Å². The van der Waals surface area contributed by atoms with Gasteiger partial charge in [-0.05, 0) is 19.1 Å². The van der Waals surface area contributed by atoms with Crippen LogP contribution in [-0.2, 0) is 0 Å². The van der Waals surface area contributed by atoms with Gasteiger partial charge >= 0.3 is 0 Å². The molecule has 0 radical (unpaired) electrons. The zero-order chi connectivity index (χ0) is 13.3. The Kier molecular flexibility index (Phi) is 3.52. The molecule has 1 amide bonds. The molecule has 18 heavy (non-hydrogen) atoms. The van der Waals surface area contributed by atoms with Crippen molar-refractivity contribution in [2.45, 2.75) is 25.7 Å². The maximum absolute atomic E-state index is 13.0. The fourth-order valence-electron chi connectivity index (χ4n) is 1.96. The van der Waals surface area contributed by atoms with Gasteiger partial charge in [-0.3, -0.25) is 4.79 Å². The monoisotopic (exact) mass is 274 g/mol. The van der Waals surface area contributed by atoms with E-state index in [9.17, 15) is 13.6 Å². The number of amides is 1. The first-order valence-electron chi connectivity index (χ1n) is 5.69. The first kappa shape index (κ1) is 13.2. The summed E-state index contributed by atoms with van der Waals surface area (Å²) in [5.74, 6) is -2.91. The van der Waals surface area contributed by atoms with Crippen molar-refractivity contribution in [2.75, 3.05) is 13.1 Å². The van der Waals surface area contributed by atoms with Gasteiger partial charge < -0.3 is 4.90 Å². The Morgan fingerprint density at radius 3 is 2.56 bits per heavy atom. The van der Waals surface area contributed by atoms with Crippen molar-refractivity contribution < 1.29 is 13.6 Å². The summed E-state index contributed by atoms with van der Waals surface area (Å²) in [4.78, 5) is 17.6. The minimum absolute atomic E-state index is 0.0773. The lowest BCUT2D eigenvalue weighted by Crippen LogP contribution is -2.43. The van der Waals surface area contributed by atoms with E-state index in [1.807, 2.05) is 0 Å². The van der Waals surface area contributed by atoms with Crippen LogP contribution in [0.3, 0.4) is 0 Å². The highest BCUT2D eigenvalue weighted by atomic mass is 35.5. The molecule has 0 aliphatic carbocycles. The smallest absolute Gasteiger partial charge is 0.255 e. The minimum Gasteiger partial charge on any atom is -0.338 e. The Hall–Kier alpha value is -1.23. The molecule has 0 bridgehead atoms. The van der Waals surface area contributed by atoms with Crippen LogP contribution in [0.15, 0.2) is 12.1 Å². The number of rotatable bonds is 1. The van der Waals surface area contributed by atoms with E-state index in [2.05, 4.69) is 4.98 Å². The fraction of sp³-hybridized carbons (Fsp3) is 0.500. The highest BCUT2D eigenvalue weighted by molar-refractivity contribution is 6.29. The molecule has 98 valence electrons. The van der Waals surface area contributed by atoms with E-state index in [1.54, 1.807) is 13.0 Å². The topological polar surface area (TPSA) is 33.2 Å². The van der Waals surface area contributed by atoms with Gasteiger partial charge in [0, 0.05) is 25.9 Å². The zero-order valence-electron chi connectivity index (χ0n) is 9.92. The van der Waals surface area contributed by atoms with E-state index in [0.717, 1.165) is 0 Å². The predicted molar refractivity (Wildman–Crippen MR) is 64.1 cm³/mol. The second kappa shape index (κ2) is 4.80. The third-order valence-electron chi connectivity index (χ3n) is 3.06. The molecule has 1 aromatic rings. The number of hydrogen-bond acceptors (Lipinski definition) is 2. The first-order valence-corrected chi connectivity index (χ1v) is 6.07. The molecule has 0 atom stereocenters. The van der Waals surface area contributed by atoms with Crippen LogP contribution in [0.5, 0.6) is 0 Å². The van der Waals surface area contributed by atoms with Crippen molar-refractivity contribution >= 4 is 17.5 Å². The van der Waals surface area contributed by atoms with Gasteiger partial charge in [-0.15, -0.1) is 0 Å². The first-order chi connectivity index (χ1) is 8.39. The molecule has 1 aliphatic rings. The van der Waals surface area contributed by atoms with E-state index < -0.39 is 5.92 Å². The standard InChI is InChI=1S/C12H13ClF2N2O/c1-8-9(2-3-10(13)16-8)11(18)17-6-4-12(14,15)5-7-17/h2-3H,4-7H2,1H3. The Morgan fingerprint density at radius 1 is 1.39 bits per heavy atom. The number of halogens is 3. The number of likely N-dealkylation sites (tertiary alicyclic amines) is 1. The third kappa shape index (κ3) is 2.77. The van der Waals surface area contributed by atoms with Crippen LogP contribution in [0.25, 0.3) is 0 Å². The number of carbonyl (C=O) groups is 1. The number of alkyl halides is 2. The Bertz CT molecular complexity index is 469. The number of nitrogens with zero attached hydrogens (tertiary/aromatic N) is 2. The number of carbonyl (C=O) groups excluding carboxylic acids is 1. The van der Waals surface area contributed by atoms with Crippen LogP contribution in [0, 0.1) is 6.92 Å². The van der Waals surface area contributed by atoms with Gasteiger partial charge in [0.2, 0.25) is 0 Å². The fourth-order valence-corrected chi connectivity index (χ4v) is 2.15. The predicted octanol–water partition coefficient (Wildman–Crippen LogP) is 2.91. The van der Waals surface area contributed by atoms with Crippen LogP contribution in [-0.4, -0.2) is 34.8 Å². The van der Waals surface area contributed by atoms with Crippen LogP contribution in [0.1, 0.15) is 28.9 Å². The zero-order valence-corrected chi connectivity index (χ0v) is 10.7. The van der Waals surface area contributed by atoms with E-state index in [0.29, 0.717) is 16.4 Å². The summed E-state index contributed by atoms with van der Waals surface area (Å²) in [5.41, 5.74) is 0.939. The summed E-state index contributed by atoms with van der Waals surface area (Å²) in [6, 6.07) is 3.11. The maximum Gasteiger partial charge on any atom is 0.255 e. The molecule has 0 aromatic carbocycles.